The number of fused-ring (bicyclic) bond motifs is 14. The Kier molecular flexibility index (Phi) is 9.05. The van der Waals surface area contributed by atoms with E-state index in [0.717, 1.165) is 58.3 Å². The zero-order chi connectivity index (χ0) is 47.3. The smallest absolute Gasteiger partial charge is 0.0544 e. The van der Waals surface area contributed by atoms with Crippen molar-refractivity contribution in [2.75, 3.05) is 9.80 Å². The fourth-order valence-electron chi connectivity index (χ4n) is 12.3. The molecule has 4 nitrogen and oxygen atoms in total. The molecule has 11 aromatic carbocycles. The SMILES string of the molecule is c1ccc(N(c2ccc(N(c3ccccc3)c3ccc4c(c3)c3c5c(ccc3n4-c3ccccc3)-c3ccccc3C5)cc2)c2ccc3c(c2)c2c4c(ccc2n3-c2ccccc2)-c2ccccc2C4)cc1. The Hall–Kier alpha value is -9.38. The summed E-state index contributed by atoms with van der Waals surface area (Å²) in [6.07, 6.45) is 1.84. The van der Waals surface area contributed by atoms with E-state index >= 15 is 0 Å². The summed E-state index contributed by atoms with van der Waals surface area (Å²) in [5.74, 6) is 0. The van der Waals surface area contributed by atoms with Gasteiger partial charge in [-0.25, -0.2) is 0 Å². The minimum atomic E-state index is 0.918. The number of hydrogen-bond donors (Lipinski definition) is 0. The Balaban J connectivity index is 0.889. The van der Waals surface area contributed by atoms with Crippen LogP contribution in [-0.2, 0) is 12.8 Å². The molecule has 0 radical (unpaired) electrons. The van der Waals surface area contributed by atoms with Crippen LogP contribution in [0.4, 0.5) is 34.1 Å². The predicted molar refractivity (Wildman–Crippen MR) is 301 cm³/mol. The van der Waals surface area contributed by atoms with Gasteiger partial charge in [0.2, 0.25) is 0 Å². The van der Waals surface area contributed by atoms with Crippen molar-refractivity contribution in [1.29, 1.82) is 0 Å². The molecule has 0 unspecified atom stereocenters. The standard InChI is InChI=1S/C68H46N4/c1-5-19-47(20-6-1)69(53-33-37-63-61(43-53)67-59-41-45-17-13-15-27-55(45)57(59)35-39-65(67)71(63)49-23-9-3-10-24-49)51-29-31-52(32-30-51)70(48-21-7-2-8-22-48)54-34-38-64-62(44-54)68-60-42-46-18-14-16-28-56(46)58(60)36-40-66(68)72(64)50-25-11-4-12-26-50/h1-40,43-44H,41-42H2. The molecule has 0 fully saturated rings. The minimum absolute atomic E-state index is 0.918. The molecule has 0 N–H and O–H groups in total. The molecule has 15 rings (SSSR count). The molecule has 2 aliphatic carbocycles. The summed E-state index contributed by atoms with van der Waals surface area (Å²) in [6, 6.07) is 93.6. The van der Waals surface area contributed by atoms with Crippen molar-refractivity contribution in [1.82, 2.24) is 9.13 Å². The highest BCUT2D eigenvalue weighted by Crippen LogP contribution is 2.49. The van der Waals surface area contributed by atoms with Gasteiger partial charge in [-0.3, -0.25) is 0 Å². The molecule has 2 aliphatic rings. The molecular weight excluding hydrogens is 873 g/mol. The Morgan fingerprint density at radius 3 is 1.01 bits per heavy atom. The molecule has 2 heterocycles. The van der Waals surface area contributed by atoms with Crippen molar-refractivity contribution in [3.8, 4) is 33.6 Å². The van der Waals surface area contributed by atoms with Gasteiger partial charge in [0, 0.05) is 67.0 Å². The molecule has 0 bridgehead atoms. The molecular formula is C68H46N4. The number of anilines is 6. The van der Waals surface area contributed by atoms with E-state index in [1.807, 2.05) is 0 Å². The molecule has 0 aliphatic heterocycles. The van der Waals surface area contributed by atoms with Crippen LogP contribution in [0.5, 0.6) is 0 Å². The first kappa shape index (κ1) is 40.5. The number of para-hydroxylation sites is 4. The zero-order valence-corrected chi connectivity index (χ0v) is 39.5. The average Bonchev–Trinajstić information content (AvgIpc) is 4.20. The maximum Gasteiger partial charge on any atom is 0.0544 e. The summed E-state index contributed by atoms with van der Waals surface area (Å²) in [5, 5.41) is 5.15. The highest BCUT2D eigenvalue weighted by Gasteiger charge is 2.28. The summed E-state index contributed by atoms with van der Waals surface area (Å²) in [4.78, 5) is 4.81. The van der Waals surface area contributed by atoms with Gasteiger partial charge in [0.25, 0.3) is 0 Å². The third-order valence-corrected chi connectivity index (χ3v) is 15.3. The van der Waals surface area contributed by atoms with E-state index in [1.54, 1.807) is 0 Å². The number of benzene rings is 11. The monoisotopic (exact) mass is 918 g/mol. The van der Waals surface area contributed by atoms with E-state index in [4.69, 9.17) is 0 Å². The molecule has 0 atom stereocenters. The molecule has 13 aromatic rings. The van der Waals surface area contributed by atoms with Crippen molar-refractivity contribution >= 4 is 77.7 Å². The van der Waals surface area contributed by atoms with Crippen LogP contribution in [0.25, 0.3) is 77.2 Å². The second-order valence-electron chi connectivity index (χ2n) is 19.2. The van der Waals surface area contributed by atoms with Crippen LogP contribution < -0.4 is 9.80 Å². The molecule has 4 heteroatoms. The van der Waals surface area contributed by atoms with Crippen molar-refractivity contribution in [3.05, 3.63) is 277 Å². The number of hydrogen-bond acceptors (Lipinski definition) is 2. The third kappa shape index (κ3) is 6.19. The second kappa shape index (κ2) is 16.1. The molecule has 2 aromatic heterocycles. The molecule has 0 spiro atoms. The Morgan fingerprint density at radius 2 is 0.597 bits per heavy atom. The number of aromatic nitrogens is 2. The minimum Gasteiger partial charge on any atom is -0.310 e. The van der Waals surface area contributed by atoms with E-state index in [9.17, 15) is 0 Å². The lowest BCUT2D eigenvalue weighted by molar-refractivity contribution is 1.18. The lowest BCUT2D eigenvalue weighted by atomic mass is 10.0. The van der Waals surface area contributed by atoms with E-state index < -0.39 is 0 Å². The first-order valence-electron chi connectivity index (χ1n) is 25.0. The van der Waals surface area contributed by atoms with E-state index in [-0.39, 0.29) is 0 Å². The fourth-order valence-corrected chi connectivity index (χ4v) is 12.3. The zero-order valence-electron chi connectivity index (χ0n) is 39.5. The highest BCUT2D eigenvalue weighted by atomic mass is 15.2. The van der Waals surface area contributed by atoms with Crippen molar-refractivity contribution in [3.63, 3.8) is 0 Å². The Bertz CT molecular complexity index is 3970. The van der Waals surface area contributed by atoms with Crippen LogP contribution >= 0.6 is 0 Å². The fraction of sp³-hybridized carbons (Fsp3) is 0.0294. The van der Waals surface area contributed by atoms with Gasteiger partial charge in [0.05, 0.1) is 22.1 Å². The number of nitrogens with zero attached hydrogens (tertiary/aromatic N) is 4. The van der Waals surface area contributed by atoms with Crippen molar-refractivity contribution in [2.24, 2.45) is 0 Å². The number of rotatable bonds is 8. The van der Waals surface area contributed by atoms with Gasteiger partial charge in [-0.1, -0.05) is 133 Å². The maximum absolute atomic E-state index is 2.45. The molecule has 0 saturated heterocycles. The van der Waals surface area contributed by atoms with Crippen LogP contribution in [0.3, 0.4) is 0 Å². The van der Waals surface area contributed by atoms with Crippen LogP contribution in [0, 0.1) is 0 Å². The van der Waals surface area contributed by atoms with Crippen LogP contribution in [0.2, 0.25) is 0 Å². The van der Waals surface area contributed by atoms with Gasteiger partial charge in [-0.15, -0.1) is 0 Å². The van der Waals surface area contributed by atoms with E-state index in [2.05, 4.69) is 274 Å². The van der Waals surface area contributed by atoms with Gasteiger partial charge in [-0.05, 0) is 179 Å². The predicted octanol–water partition coefficient (Wildman–Crippen LogP) is 18.0. The first-order chi connectivity index (χ1) is 35.7. The largest absolute Gasteiger partial charge is 0.310 e. The van der Waals surface area contributed by atoms with Gasteiger partial charge >= 0.3 is 0 Å². The van der Waals surface area contributed by atoms with Crippen molar-refractivity contribution < 1.29 is 0 Å². The summed E-state index contributed by atoms with van der Waals surface area (Å²) >= 11 is 0. The van der Waals surface area contributed by atoms with Gasteiger partial charge < -0.3 is 18.9 Å². The summed E-state index contributed by atoms with van der Waals surface area (Å²) < 4.78 is 4.89. The third-order valence-electron chi connectivity index (χ3n) is 15.3. The van der Waals surface area contributed by atoms with Gasteiger partial charge in [-0.2, -0.15) is 0 Å². The van der Waals surface area contributed by atoms with Gasteiger partial charge in [0.1, 0.15) is 0 Å². The molecule has 0 amide bonds. The van der Waals surface area contributed by atoms with Crippen LogP contribution in [-0.4, -0.2) is 9.13 Å². The Morgan fingerprint density at radius 1 is 0.264 bits per heavy atom. The molecule has 0 saturated carbocycles. The van der Waals surface area contributed by atoms with Crippen LogP contribution in [0.15, 0.2) is 255 Å². The quantitative estimate of drug-likeness (QED) is 0.151. The second-order valence-corrected chi connectivity index (χ2v) is 19.2. The van der Waals surface area contributed by atoms with Gasteiger partial charge in [0.15, 0.2) is 0 Å². The van der Waals surface area contributed by atoms with E-state index in [1.165, 1.54) is 88.1 Å². The molecule has 72 heavy (non-hydrogen) atoms. The van der Waals surface area contributed by atoms with E-state index in [0.29, 0.717) is 0 Å². The Labute approximate surface area is 418 Å². The average molecular weight is 919 g/mol. The lowest BCUT2D eigenvalue weighted by Crippen LogP contribution is -2.12. The van der Waals surface area contributed by atoms with Crippen LogP contribution in [0.1, 0.15) is 22.3 Å². The maximum atomic E-state index is 2.45. The summed E-state index contributed by atoms with van der Waals surface area (Å²) in [7, 11) is 0. The highest BCUT2D eigenvalue weighted by molar-refractivity contribution is 6.16. The van der Waals surface area contributed by atoms with Crippen molar-refractivity contribution in [2.45, 2.75) is 12.8 Å². The summed E-state index contributed by atoms with van der Waals surface area (Å²) in [6.45, 7) is 0. The first-order valence-corrected chi connectivity index (χ1v) is 25.0. The summed E-state index contributed by atoms with van der Waals surface area (Å²) in [5.41, 5.74) is 24.7. The molecule has 338 valence electrons. The topological polar surface area (TPSA) is 16.3 Å². The normalized spacial score (nSPS) is 12.3. The lowest BCUT2D eigenvalue weighted by Gasteiger charge is -2.28.